The second-order valence-electron chi connectivity index (χ2n) is 10.3. The van der Waals surface area contributed by atoms with Gasteiger partial charge in [0.05, 0.1) is 11.4 Å². The Bertz CT molecular complexity index is 1660. The molecular weight excluding hydrogens is 536 g/mol. The van der Waals surface area contributed by atoms with Crippen LogP contribution >= 0.6 is 0 Å². The number of aliphatic carboxylic acids is 2. The van der Waals surface area contributed by atoms with Gasteiger partial charge in [0.2, 0.25) is 0 Å². The third-order valence-electron chi connectivity index (χ3n) is 7.63. The molecule has 2 aromatic rings. The second-order valence-corrected chi connectivity index (χ2v) is 10.3. The number of carbonyl (C=O) groups excluding carboxylic acids is 2. The fourth-order valence-electron chi connectivity index (χ4n) is 5.30. The molecule has 0 fully saturated rings. The molecule has 0 bridgehead atoms. The van der Waals surface area contributed by atoms with Crippen molar-refractivity contribution in [1.29, 1.82) is 0 Å². The quantitative estimate of drug-likeness (QED) is 0.224. The minimum atomic E-state index is -0.927. The lowest BCUT2D eigenvalue weighted by atomic mass is 10.00. The van der Waals surface area contributed by atoms with Gasteiger partial charge in [0.1, 0.15) is 0 Å². The molecule has 4 heterocycles. The predicted octanol–water partition coefficient (Wildman–Crippen LogP) is 4.22. The summed E-state index contributed by atoms with van der Waals surface area (Å²) in [6.07, 6.45) is 7.61. The van der Waals surface area contributed by atoms with E-state index in [0.717, 1.165) is 33.8 Å². The topological polar surface area (TPSA) is 164 Å². The van der Waals surface area contributed by atoms with E-state index in [0.29, 0.717) is 45.8 Å². The highest BCUT2D eigenvalue weighted by Gasteiger charge is 2.24. The van der Waals surface area contributed by atoms with E-state index in [9.17, 15) is 29.4 Å². The van der Waals surface area contributed by atoms with E-state index in [-0.39, 0.29) is 37.5 Å². The van der Waals surface area contributed by atoms with Crippen molar-refractivity contribution in [2.75, 3.05) is 0 Å². The SMILES string of the molecule is C=CC1=C(C)C(=O)N/C1=C\c1cc(CCC(=O)O)c(Cc2[nH]c(/C=C3\NC(=O)C(C)=C3C=C)c(C)c2CCC(=O)O)[nH]1. The number of H-pyrrole nitrogens is 2. The zero-order valence-corrected chi connectivity index (χ0v) is 23.9. The normalized spacial score (nSPS) is 16.9. The van der Waals surface area contributed by atoms with Crippen molar-refractivity contribution < 1.29 is 29.4 Å². The van der Waals surface area contributed by atoms with Gasteiger partial charge in [-0.15, -0.1) is 0 Å². The molecule has 6 N–H and O–H groups in total. The summed E-state index contributed by atoms with van der Waals surface area (Å²) < 4.78 is 0. The third kappa shape index (κ3) is 6.12. The molecule has 0 aliphatic carbocycles. The molecule has 0 spiro atoms. The minimum absolute atomic E-state index is 0.0704. The van der Waals surface area contributed by atoms with E-state index in [1.165, 1.54) is 0 Å². The molecule has 0 saturated heterocycles. The summed E-state index contributed by atoms with van der Waals surface area (Å²) in [5.74, 6) is -2.26. The zero-order chi connectivity index (χ0) is 30.7. The molecule has 42 heavy (non-hydrogen) atoms. The fraction of sp³-hybridized carbons (Fsp3) is 0.250. The lowest BCUT2D eigenvalue weighted by molar-refractivity contribution is -0.138. The number of aryl methyl sites for hydroxylation is 1. The summed E-state index contributed by atoms with van der Waals surface area (Å²) in [5.41, 5.74) is 9.13. The van der Waals surface area contributed by atoms with Crippen LogP contribution in [-0.4, -0.2) is 43.9 Å². The lowest BCUT2D eigenvalue weighted by Gasteiger charge is -2.06. The molecule has 0 radical (unpaired) electrons. The fourth-order valence-corrected chi connectivity index (χ4v) is 5.30. The van der Waals surface area contributed by atoms with Crippen LogP contribution in [-0.2, 0) is 38.4 Å². The van der Waals surface area contributed by atoms with E-state index in [1.807, 2.05) is 19.1 Å². The first-order valence-electron chi connectivity index (χ1n) is 13.5. The maximum absolute atomic E-state index is 12.3. The molecule has 0 aromatic carbocycles. The van der Waals surface area contributed by atoms with Crippen LogP contribution in [0.4, 0.5) is 0 Å². The van der Waals surface area contributed by atoms with E-state index in [2.05, 4.69) is 33.8 Å². The van der Waals surface area contributed by atoms with Crippen molar-refractivity contribution >= 4 is 35.9 Å². The van der Waals surface area contributed by atoms with E-state index < -0.39 is 11.9 Å². The Kier molecular flexibility index (Phi) is 8.65. The molecule has 0 saturated carbocycles. The van der Waals surface area contributed by atoms with Crippen molar-refractivity contribution in [2.45, 2.75) is 52.9 Å². The Balaban J connectivity index is 1.77. The molecule has 10 nitrogen and oxygen atoms in total. The molecule has 2 aromatic heterocycles. The van der Waals surface area contributed by atoms with Gasteiger partial charge in [0, 0.05) is 64.3 Å². The number of amides is 2. The van der Waals surface area contributed by atoms with Crippen molar-refractivity contribution in [1.82, 2.24) is 20.6 Å². The van der Waals surface area contributed by atoms with Crippen LogP contribution < -0.4 is 10.6 Å². The summed E-state index contributed by atoms with van der Waals surface area (Å²) in [6, 6.07) is 1.86. The zero-order valence-electron chi connectivity index (χ0n) is 23.9. The number of rotatable bonds is 12. The van der Waals surface area contributed by atoms with Crippen molar-refractivity contribution in [3.05, 3.63) is 105 Å². The lowest BCUT2D eigenvalue weighted by Crippen LogP contribution is -2.15. The Morgan fingerprint density at radius 1 is 0.810 bits per heavy atom. The number of nitrogens with one attached hydrogen (secondary N) is 4. The number of hydrogen-bond donors (Lipinski definition) is 6. The maximum atomic E-state index is 12.3. The smallest absolute Gasteiger partial charge is 0.303 e. The van der Waals surface area contributed by atoms with Crippen LogP contribution in [0.1, 0.15) is 66.2 Å². The molecule has 2 aliphatic rings. The van der Waals surface area contributed by atoms with E-state index in [1.54, 1.807) is 32.1 Å². The highest BCUT2D eigenvalue weighted by atomic mass is 16.4. The average molecular weight is 571 g/mol. The number of carboxylic acids is 2. The summed E-state index contributed by atoms with van der Waals surface area (Å²) in [4.78, 5) is 54.1. The first-order valence-corrected chi connectivity index (χ1v) is 13.5. The second kappa shape index (κ2) is 12.2. The van der Waals surface area contributed by atoms with Gasteiger partial charge in [-0.3, -0.25) is 19.2 Å². The van der Waals surface area contributed by atoms with Crippen LogP contribution in [0, 0.1) is 6.92 Å². The van der Waals surface area contributed by atoms with Crippen LogP contribution in [0.3, 0.4) is 0 Å². The highest BCUT2D eigenvalue weighted by Crippen LogP contribution is 2.30. The molecule has 0 unspecified atom stereocenters. The average Bonchev–Trinajstić information content (AvgIpc) is 3.61. The summed E-state index contributed by atoms with van der Waals surface area (Å²) in [6.45, 7) is 13.0. The molecule has 4 rings (SSSR count). The third-order valence-corrected chi connectivity index (χ3v) is 7.63. The number of aromatic amines is 2. The van der Waals surface area contributed by atoms with Gasteiger partial charge in [-0.05, 0) is 68.5 Å². The van der Waals surface area contributed by atoms with Crippen LogP contribution in [0.5, 0.6) is 0 Å². The number of carboxylic acid groups (broad SMARTS) is 2. The number of hydrogen-bond acceptors (Lipinski definition) is 4. The Morgan fingerprint density at radius 2 is 1.36 bits per heavy atom. The van der Waals surface area contributed by atoms with Gasteiger partial charge in [-0.25, -0.2) is 0 Å². The predicted molar refractivity (Wildman–Crippen MR) is 159 cm³/mol. The first kappa shape index (κ1) is 29.9. The standard InChI is InChI=1S/C32H34N4O6/c1-6-21-17(4)31(41)35-26(21)13-20-12-19(8-10-29(37)38)25(33-20)15-28-23(9-11-30(39)40)16(3)24(34-28)14-27-22(7-2)18(5)32(42)36-27/h6-7,12-14,33-34H,1-2,8-11,15H2,3-5H3,(H,35,41)(H,36,42)(H,37,38)(H,39,40)/b26-13-,27-14-. The molecule has 10 heteroatoms. The monoisotopic (exact) mass is 570 g/mol. The molecule has 0 atom stereocenters. The van der Waals surface area contributed by atoms with Gasteiger partial charge < -0.3 is 30.8 Å². The van der Waals surface area contributed by atoms with Crippen molar-refractivity contribution in [3.63, 3.8) is 0 Å². The van der Waals surface area contributed by atoms with Crippen molar-refractivity contribution in [3.8, 4) is 0 Å². The summed E-state index contributed by atoms with van der Waals surface area (Å²) in [7, 11) is 0. The molecule has 218 valence electrons. The Morgan fingerprint density at radius 3 is 1.90 bits per heavy atom. The number of carbonyl (C=O) groups is 4. The van der Waals surface area contributed by atoms with Crippen LogP contribution in [0.15, 0.2) is 65.1 Å². The van der Waals surface area contributed by atoms with Gasteiger partial charge in [0.15, 0.2) is 0 Å². The van der Waals surface area contributed by atoms with Gasteiger partial charge in [0.25, 0.3) is 11.8 Å². The highest BCUT2D eigenvalue weighted by molar-refractivity contribution is 6.02. The summed E-state index contributed by atoms with van der Waals surface area (Å²) in [5, 5.41) is 24.4. The van der Waals surface area contributed by atoms with Gasteiger partial charge >= 0.3 is 11.9 Å². The molecule has 2 amide bonds. The van der Waals surface area contributed by atoms with Crippen LogP contribution in [0.2, 0.25) is 0 Å². The number of aromatic nitrogens is 2. The van der Waals surface area contributed by atoms with Gasteiger partial charge in [-0.2, -0.15) is 0 Å². The van der Waals surface area contributed by atoms with E-state index >= 15 is 0 Å². The van der Waals surface area contributed by atoms with E-state index in [4.69, 9.17) is 0 Å². The number of allylic oxidation sites excluding steroid dienone is 2. The van der Waals surface area contributed by atoms with Crippen molar-refractivity contribution in [2.24, 2.45) is 0 Å². The Labute approximate surface area is 243 Å². The summed E-state index contributed by atoms with van der Waals surface area (Å²) >= 11 is 0. The molecular formula is C32H34N4O6. The first-order chi connectivity index (χ1) is 19.9. The maximum Gasteiger partial charge on any atom is 0.303 e. The van der Waals surface area contributed by atoms with Gasteiger partial charge in [-0.1, -0.05) is 25.3 Å². The van der Waals surface area contributed by atoms with Crippen LogP contribution in [0.25, 0.3) is 12.2 Å². The largest absolute Gasteiger partial charge is 0.481 e. The Hall–Kier alpha value is -5.12. The molecule has 2 aliphatic heterocycles. The minimum Gasteiger partial charge on any atom is -0.481 e.